The average molecular weight is 278 g/mol. The summed E-state index contributed by atoms with van der Waals surface area (Å²) in [5.41, 5.74) is 9.15. The van der Waals surface area contributed by atoms with Gasteiger partial charge in [0.15, 0.2) is 0 Å². The minimum absolute atomic E-state index is 0.299. The van der Waals surface area contributed by atoms with E-state index in [2.05, 4.69) is 42.6 Å². The molecule has 0 radical (unpaired) electrons. The number of nitrogens with one attached hydrogen (secondary N) is 1. The topological polar surface area (TPSA) is 55.9 Å². The highest BCUT2D eigenvalue weighted by Crippen LogP contribution is 2.27. The van der Waals surface area contributed by atoms with Crippen LogP contribution in [0.5, 0.6) is 0 Å². The maximum absolute atomic E-state index is 6.11. The molecule has 0 aliphatic carbocycles. The minimum atomic E-state index is 0.299. The van der Waals surface area contributed by atoms with Crippen molar-refractivity contribution in [3.63, 3.8) is 0 Å². The number of aromatic nitrogens is 2. The van der Waals surface area contributed by atoms with E-state index in [0.29, 0.717) is 6.04 Å². The SMILES string of the molecule is CCc1ccsc1CNc1c(N)c(C)nn1C(C)C. The molecule has 0 spiro atoms. The van der Waals surface area contributed by atoms with E-state index in [4.69, 9.17) is 5.73 Å². The van der Waals surface area contributed by atoms with Gasteiger partial charge in [0, 0.05) is 10.9 Å². The van der Waals surface area contributed by atoms with Gasteiger partial charge in [-0.2, -0.15) is 5.10 Å². The van der Waals surface area contributed by atoms with Gasteiger partial charge < -0.3 is 11.1 Å². The lowest BCUT2D eigenvalue weighted by atomic mass is 10.2. The Morgan fingerprint density at radius 3 is 2.84 bits per heavy atom. The molecular formula is C14H22N4S. The predicted octanol–water partition coefficient (Wildman–Crippen LogP) is 3.59. The van der Waals surface area contributed by atoms with Crippen molar-refractivity contribution in [3.05, 3.63) is 27.6 Å². The van der Waals surface area contributed by atoms with Crippen LogP contribution in [0.4, 0.5) is 11.5 Å². The Morgan fingerprint density at radius 1 is 1.47 bits per heavy atom. The predicted molar refractivity (Wildman–Crippen MR) is 82.8 cm³/mol. The summed E-state index contributed by atoms with van der Waals surface area (Å²) < 4.78 is 1.96. The second kappa shape index (κ2) is 5.65. The zero-order valence-corrected chi connectivity index (χ0v) is 12.8. The number of anilines is 2. The van der Waals surface area contributed by atoms with Gasteiger partial charge in [0.1, 0.15) is 5.82 Å². The molecule has 0 unspecified atom stereocenters. The van der Waals surface area contributed by atoms with Gasteiger partial charge in [-0.25, -0.2) is 4.68 Å². The number of nitrogen functional groups attached to an aromatic ring is 1. The van der Waals surface area contributed by atoms with Crippen LogP contribution in [-0.4, -0.2) is 9.78 Å². The first kappa shape index (κ1) is 13.9. The van der Waals surface area contributed by atoms with Crippen LogP contribution in [0.3, 0.4) is 0 Å². The molecule has 0 aromatic carbocycles. The number of hydrogen-bond acceptors (Lipinski definition) is 4. The molecule has 0 aliphatic rings. The monoisotopic (exact) mass is 278 g/mol. The third-order valence-electron chi connectivity index (χ3n) is 3.26. The molecule has 5 heteroatoms. The summed E-state index contributed by atoms with van der Waals surface area (Å²) in [6.07, 6.45) is 1.07. The summed E-state index contributed by atoms with van der Waals surface area (Å²) in [7, 11) is 0. The van der Waals surface area contributed by atoms with Crippen molar-refractivity contribution < 1.29 is 0 Å². The molecule has 104 valence electrons. The van der Waals surface area contributed by atoms with E-state index in [1.165, 1.54) is 10.4 Å². The molecule has 0 bridgehead atoms. The molecule has 4 nitrogen and oxygen atoms in total. The molecule has 3 N–H and O–H groups in total. The zero-order valence-electron chi connectivity index (χ0n) is 12.0. The number of aryl methyl sites for hydroxylation is 2. The molecule has 19 heavy (non-hydrogen) atoms. The number of hydrogen-bond donors (Lipinski definition) is 2. The van der Waals surface area contributed by atoms with E-state index in [0.717, 1.165) is 30.2 Å². The number of rotatable bonds is 5. The fraction of sp³-hybridized carbons (Fsp3) is 0.500. The van der Waals surface area contributed by atoms with Crippen molar-refractivity contribution in [2.24, 2.45) is 0 Å². The first-order valence-electron chi connectivity index (χ1n) is 6.68. The van der Waals surface area contributed by atoms with Crippen LogP contribution >= 0.6 is 11.3 Å². The smallest absolute Gasteiger partial charge is 0.148 e. The fourth-order valence-electron chi connectivity index (χ4n) is 2.11. The van der Waals surface area contributed by atoms with Crippen LogP contribution in [0.25, 0.3) is 0 Å². The van der Waals surface area contributed by atoms with Crippen molar-refractivity contribution in [1.29, 1.82) is 0 Å². The van der Waals surface area contributed by atoms with Gasteiger partial charge in [-0.05, 0) is 44.2 Å². The summed E-state index contributed by atoms with van der Waals surface area (Å²) >= 11 is 1.79. The Hall–Kier alpha value is -1.49. The van der Waals surface area contributed by atoms with Crippen LogP contribution in [0.15, 0.2) is 11.4 Å². The number of nitrogens with two attached hydrogens (primary N) is 1. The highest BCUT2D eigenvalue weighted by molar-refractivity contribution is 7.10. The lowest BCUT2D eigenvalue weighted by Gasteiger charge is -2.13. The minimum Gasteiger partial charge on any atom is -0.394 e. The number of thiophene rings is 1. The van der Waals surface area contributed by atoms with Gasteiger partial charge in [0.25, 0.3) is 0 Å². The summed E-state index contributed by atoms with van der Waals surface area (Å²) in [5.74, 6) is 0.933. The second-order valence-corrected chi connectivity index (χ2v) is 5.96. The summed E-state index contributed by atoms with van der Waals surface area (Å²) in [5, 5.41) is 10.1. The van der Waals surface area contributed by atoms with Crippen LogP contribution in [0, 0.1) is 6.92 Å². The van der Waals surface area contributed by atoms with E-state index in [1.54, 1.807) is 11.3 Å². The Labute approximate surface area is 118 Å². The summed E-state index contributed by atoms with van der Waals surface area (Å²) in [4.78, 5) is 1.37. The fourth-order valence-corrected chi connectivity index (χ4v) is 3.03. The Bertz CT molecular complexity index is 554. The molecular weight excluding hydrogens is 256 g/mol. The van der Waals surface area contributed by atoms with Crippen LogP contribution in [0.2, 0.25) is 0 Å². The molecule has 0 saturated heterocycles. The first-order chi connectivity index (χ1) is 9.04. The number of nitrogens with zero attached hydrogens (tertiary/aromatic N) is 2. The molecule has 0 aliphatic heterocycles. The molecule has 0 atom stereocenters. The van der Waals surface area contributed by atoms with Crippen molar-refractivity contribution in [2.75, 3.05) is 11.1 Å². The normalized spacial score (nSPS) is 11.2. The highest BCUT2D eigenvalue weighted by atomic mass is 32.1. The van der Waals surface area contributed by atoms with Gasteiger partial charge in [0.2, 0.25) is 0 Å². The first-order valence-corrected chi connectivity index (χ1v) is 7.56. The van der Waals surface area contributed by atoms with E-state index in [1.807, 2.05) is 11.6 Å². The van der Waals surface area contributed by atoms with Gasteiger partial charge in [-0.3, -0.25) is 0 Å². The molecule has 0 saturated carbocycles. The largest absolute Gasteiger partial charge is 0.394 e. The zero-order chi connectivity index (χ0) is 14.0. The quantitative estimate of drug-likeness (QED) is 0.878. The summed E-state index contributed by atoms with van der Waals surface area (Å²) in [6, 6.07) is 2.49. The van der Waals surface area contributed by atoms with Gasteiger partial charge in [0.05, 0.1) is 17.9 Å². The van der Waals surface area contributed by atoms with Crippen molar-refractivity contribution in [3.8, 4) is 0 Å². The highest BCUT2D eigenvalue weighted by Gasteiger charge is 2.14. The van der Waals surface area contributed by atoms with E-state index < -0.39 is 0 Å². The molecule has 2 heterocycles. The third-order valence-corrected chi connectivity index (χ3v) is 4.22. The molecule has 0 amide bonds. The van der Waals surface area contributed by atoms with E-state index >= 15 is 0 Å². The van der Waals surface area contributed by atoms with Gasteiger partial charge in [-0.15, -0.1) is 11.3 Å². The van der Waals surface area contributed by atoms with Crippen molar-refractivity contribution in [1.82, 2.24) is 9.78 Å². The standard InChI is InChI=1S/C14H22N4S/c1-5-11-6-7-19-12(11)8-16-14-13(15)10(4)17-18(14)9(2)3/h6-7,9,16H,5,8,15H2,1-4H3. The second-order valence-electron chi connectivity index (χ2n) is 4.96. The van der Waals surface area contributed by atoms with Gasteiger partial charge >= 0.3 is 0 Å². The van der Waals surface area contributed by atoms with Crippen molar-refractivity contribution in [2.45, 2.75) is 46.7 Å². The maximum Gasteiger partial charge on any atom is 0.148 e. The van der Waals surface area contributed by atoms with E-state index in [-0.39, 0.29) is 0 Å². The maximum atomic E-state index is 6.11. The molecule has 2 rings (SSSR count). The Kier molecular flexibility index (Phi) is 4.14. The molecule has 2 aromatic heterocycles. The van der Waals surface area contributed by atoms with Crippen molar-refractivity contribution >= 4 is 22.8 Å². The third kappa shape index (κ3) is 2.76. The van der Waals surface area contributed by atoms with Crippen LogP contribution in [0.1, 0.15) is 42.9 Å². The lowest BCUT2D eigenvalue weighted by Crippen LogP contribution is -2.11. The molecule has 2 aromatic rings. The summed E-state index contributed by atoms with van der Waals surface area (Å²) in [6.45, 7) is 9.16. The van der Waals surface area contributed by atoms with E-state index in [9.17, 15) is 0 Å². The Balaban J connectivity index is 2.20. The van der Waals surface area contributed by atoms with Crippen LogP contribution in [-0.2, 0) is 13.0 Å². The van der Waals surface area contributed by atoms with Crippen LogP contribution < -0.4 is 11.1 Å². The van der Waals surface area contributed by atoms with Gasteiger partial charge in [-0.1, -0.05) is 6.92 Å². The average Bonchev–Trinajstić information content (AvgIpc) is 2.93. The molecule has 0 fully saturated rings. The lowest BCUT2D eigenvalue weighted by molar-refractivity contribution is 0.534. The Morgan fingerprint density at radius 2 is 2.21 bits per heavy atom.